The molecule has 0 aliphatic heterocycles. The third kappa shape index (κ3) is 0.961. The predicted molar refractivity (Wildman–Crippen MR) is 50.1 cm³/mol. The Kier molecular flexibility index (Phi) is 1.54. The monoisotopic (exact) mass is 160 g/mol. The van der Waals surface area contributed by atoms with Crippen molar-refractivity contribution in [1.82, 2.24) is 0 Å². The van der Waals surface area contributed by atoms with E-state index in [2.05, 4.69) is 6.07 Å². The fraction of sp³-hybridized carbons (Fsp3) is 0.200. The molecule has 4 N–H and O–H groups in total. The Labute approximate surface area is 71.9 Å². The van der Waals surface area contributed by atoms with Crippen LogP contribution in [0.5, 0.6) is 0 Å². The molecule has 1 aromatic rings. The maximum atomic E-state index is 5.84. The van der Waals surface area contributed by atoms with Crippen molar-refractivity contribution in [2.75, 3.05) is 0 Å². The largest absolute Gasteiger partial charge is 0.400 e. The van der Waals surface area contributed by atoms with E-state index in [1.54, 1.807) is 0 Å². The van der Waals surface area contributed by atoms with Gasteiger partial charge < -0.3 is 11.5 Å². The highest BCUT2D eigenvalue weighted by atomic mass is 14.7. The lowest BCUT2D eigenvalue weighted by molar-refractivity contribution is 0.899. The highest BCUT2D eigenvalue weighted by molar-refractivity contribution is 5.69. The minimum atomic E-state index is 0.761. The molecule has 2 heteroatoms. The topological polar surface area (TPSA) is 52.0 Å². The van der Waals surface area contributed by atoms with Crippen LogP contribution in [0.1, 0.15) is 17.5 Å². The maximum Gasteiger partial charge on any atom is 0.0581 e. The standard InChI is InChI=1S/C10H12N2/c11-9-6-5-7-3-1-2-4-8(7)10(9)12/h1-4H,5-6,11-12H2. The van der Waals surface area contributed by atoms with E-state index in [0.29, 0.717) is 0 Å². The van der Waals surface area contributed by atoms with Gasteiger partial charge in [-0.05, 0) is 18.4 Å². The predicted octanol–water partition coefficient (Wildman–Crippen LogP) is 1.22. The van der Waals surface area contributed by atoms with Gasteiger partial charge in [-0.15, -0.1) is 0 Å². The molecule has 2 nitrogen and oxygen atoms in total. The number of nitrogens with two attached hydrogens (primary N) is 2. The molecule has 1 aliphatic rings. The molecule has 0 bridgehead atoms. The zero-order valence-electron chi connectivity index (χ0n) is 6.88. The summed E-state index contributed by atoms with van der Waals surface area (Å²) in [6.07, 6.45) is 1.91. The molecule has 0 unspecified atom stereocenters. The summed E-state index contributed by atoms with van der Waals surface area (Å²) in [4.78, 5) is 0. The van der Waals surface area contributed by atoms with E-state index in [9.17, 15) is 0 Å². The van der Waals surface area contributed by atoms with Crippen LogP contribution in [-0.2, 0) is 6.42 Å². The molecule has 1 aromatic carbocycles. The third-order valence-corrected chi connectivity index (χ3v) is 2.32. The summed E-state index contributed by atoms with van der Waals surface area (Å²) >= 11 is 0. The zero-order chi connectivity index (χ0) is 8.55. The van der Waals surface area contributed by atoms with Crippen LogP contribution in [0, 0.1) is 0 Å². The second-order valence-corrected chi connectivity index (χ2v) is 3.10. The summed E-state index contributed by atoms with van der Waals surface area (Å²) in [5, 5.41) is 0. The molecule has 0 saturated carbocycles. The van der Waals surface area contributed by atoms with E-state index in [4.69, 9.17) is 11.5 Å². The first-order chi connectivity index (χ1) is 5.79. The molecule has 0 amide bonds. The summed E-state index contributed by atoms with van der Waals surface area (Å²) in [6.45, 7) is 0. The van der Waals surface area contributed by atoms with Crippen molar-refractivity contribution in [3.63, 3.8) is 0 Å². The molecule has 12 heavy (non-hydrogen) atoms. The Morgan fingerprint density at radius 2 is 1.75 bits per heavy atom. The smallest absolute Gasteiger partial charge is 0.0581 e. The molecule has 0 radical (unpaired) electrons. The number of rotatable bonds is 0. The normalized spacial score (nSPS) is 16.0. The van der Waals surface area contributed by atoms with E-state index < -0.39 is 0 Å². The average molecular weight is 160 g/mol. The molecule has 0 spiro atoms. The van der Waals surface area contributed by atoms with E-state index in [0.717, 1.165) is 29.8 Å². The maximum absolute atomic E-state index is 5.84. The molecular formula is C10H12N2. The summed E-state index contributed by atoms with van der Waals surface area (Å²) in [5.74, 6) is 0. The van der Waals surface area contributed by atoms with Crippen molar-refractivity contribution in [3.05, 3.63) is 41.1 Å². The van der Waals surface area contributed by atoms with Gasteiger partial charge in [0.1, 0.15) is 0 Å². The van der Waals surface area contributed by atoms with Gasteiger partial charge in [0.15, 0.2) is 0 Å². The molecule has 0 heterocycles. The highest BCUT2D eigenvalue weighted by Gasteiger charge is 2.12. The minimum Gasteiger partial charge on any atom is -0.400 e. The lowest BCUT2D eigenvalue weighted by atomic mass is 9.93. The second kappa shape index (κ2) is 2.55. The SMILES string of the molecule is NC1=C(N)c2ccccc2CC1. The summed E-state index contributed by atoms with van der Waals surface area (Å²) in [7, 11) is 0. The van der Waals surface area contributed by atoms with Crippen molar-refractivity contribution in [1.29, 1.82) is 0 Å². The third-order valence-electron chi connectivity index (χ3n) is 2.32. The van der Waals surface area contributed by atoms with Gasteiger partial charge >= 0.3 is 0 Å². The molecule has 0 atom stereocenters. The summed E-state index contributed by atoms with van der Waals surface area (Å²) in [6, 6.07) is 8.16. The van der Waals surface area contributed by atoms with E-state index in [1.165, 1.54) is 5.56 Å². The Bertz CT molecular complexity index is 339. The van der Waals surface area contributed by atoms with Gasteiger partial charge in [0, 0.05) is 11.3 Å². The molecule has 2 rings (SSSR count). The lowest BCUT2D eigenvalue weighted by Crippen LogP contribution is -2.15. The Balaban J connectivity index is 2.59. The van der Waals surface area contributed by atoms with Crippen LogP contribution in [0.25, 0.3) is 5.70 Å². The van der Waals surface area contributed by atoms with Crippen molar-refractivity contribution < 1.29 is 0 Å². The molecular weight excluding hydrogens is 148 g/mol. The van der Waals surface area contributed by atoms with Crippen molar-refractivity contribution in [2.45, 2.75) is 12.8 Å². The number of benzene rings is 1. The van der Waals surface area contributed by atoms with Crippen LogP contribution in [0.2, 0.25) is 0 Å². The first kappa shape index (κ1) is 7.22. The number of hydrogen-bond acceptors (Lipinski definition) is 2. The van der Waals surface area contributed by atoms with Crippen LogP contribution in [-0.4, -0.2) is 0 Å². The van der Waals surface area contributed by atoms with Crippen molar-refractivity contribution in [3.8, 4) is 0 Å². The fourth-order valence-corrected chi connectivity index (χ4v) is 1.58. The number of aryl methyl sites for hydroxylation is 1. The minimum absolute atomic E-state index is 0.761. The first-order valence-electron chi connectivity index (χ1n) is 4.11. The number of hydrogen-bond donors (Lipinski definition) is 2. The van der Waals surface area contributed by atoms with E-state index in [-0.39, 0.29) is 0 Å². The van der Waals surface area contributed by atoms with Gasteiger partial charge in [-0.1, -0.05) is 24.3 Å². The van der Waals surface area contributed by atoms with Gasteiger partial charge in [-0.3, -0.25) is 0 Å². The van der Waals surface area contributed by atoms with Crippen LogP contribution in [0.4, 0.5) is 0 Å². The second-order valence-electron chi connectivity index (χ2n) is 3.10. The Hall–Kier alpha value is -1.44. The quantitative estimate of drug-likeness (QED) is 0.599. The number of allylic oxidation sites excluding steroid dienone is 1. The molecule has 62 valence electrons. The lowest BCUT2D eigenvalue weighted by Gasteiger charge is -2.17. The summed E-state index contributed by atoms with van der Waals surface area (Å²) in [5.41, 5.74) is 15.6. The summed E-state index contributed by atoms with van der Waals surface area (Å²) < 4.78 is 0. The Morgan fingerprint density at radius 3 is 2.58 bits per heavy atom. The van der Waals surface area contributed by atoms with E-state index >= 15 is 0 Å². The van der Waals surface area contributed by atoms with Gasteiger partial charge in [-0.25, -0.2) is 0 Å². The average Bonchev–Trinajstić information content (AvgIpc) is 2.12. The van der Waals surface area contributed by atoms with E-state index in [1.807, 2.05) is 18.2 Å². The zero-order valence-corrected chi connectivity index (χ0v) is 6.88. The van der Waals surface area contributed by atoms with Gasteiger partial charge in [-0.2, -0.15) is 0 Å². The number of fused-ring (bicyclic) bond motifs is 1. The van der Waals surface area contributed by atoms with Crippen LogP contribution in [0.15, 0.2) is 30.0 Å². The Morgan fingerprint density at radius 1 is 1.00 bits per heavy atom. The highest BCUT2D eigenvalue weighted by Crippen LogP contribution is 2.24. The first-order valence-corrected chi connectivity index (χ1v) is 4.11. The van der Waals surface area contributed by atoms with Gasteiger partial charge in [0.2, 0.25) is 0 Å². The van der Waals surface area contributed by atoms with Crippen molar-refractivity contribution >= 4 is 5.70 Å². The molecule has 0 saturated heterocycles. The van der Waals surface area contributed by atoms with Crippen LogP contribution >= 0.6 is 0 Å². The van der Waals surface area contributed by atoms with Crippen LogP contribution in [0.3, 0.4) is 0 Å². The molecule has 0 aromatic heterocycles. The molecule has 1 aliphatic carbocycles. The van der Waals surface area contributed by atoms with Crippen LogP contribution < -0.4 is 11.5 Å². The van der Waals surface area contributed by atoms with Gasteiger partial charge in [0.25, 0.3) is 0 Å². The fourth-order valence-electron chi connectivity index (χ4n) is 1.58. The van der Waals surface area contributed by atoms with Gasteiger partial charge in [0.05, 0.1) is 5.70 Å². The molecule has 0 fully saturated rings. The van der Waals surface area contributed by atoms with Crippen molar-refractivity contribution in [2.24, 2.45) is 11.5 Å².